The van der Waals surface area contributed by atoms with Crippen LogP contribution in [0.15, 0.2) is 28.7 Å². The predicted molar refractivity (Wildman–Crippen MR) is 43.6 cm³/mol. The first-order valence-electron chi connectivity index (χ1n) is 3.79. The molecule has 0 spiro atoms. The van der Waals surface area contributed by atoms with Crippen LogP contribution in [0.3, 0.4) is 0 Å². The molecule has 0 N–H and O–H groups in total. The van der Waals surface area contributed by atoms with Crippen molar-refractivity contribution in [3.63, 3.8) is 0 Å². The third-order valence-corrected chi connectivity index (χ3v) is 1.55. The first-order chi connectivity index (χ1) is 6.77. The Morgan fingerprint density at radius 2 is 2.27 bits per heavy atom. The number of hydrogen-bond donors (Lipinski definition) is 0. The number of aromatic nitrogens is 2. The number of rotatable bonds is 2. The Morgan fingerprint density at radius 3 is 2.80 bits per heavy atom. The number of carbonyl (C=O) groups is 1. The number of carboxylic acid groups (broad SMARTS) is 1. The molecule has 0 unspecified atom stereocenters. The Balaban J connectivity index is 0.00000112. The summed E-state index contributed by atoms with van der Waals surface area (Å²) in [7, 11) is 0. The van der Waals surface area contributed by atoms with Gasteiger partial charge in [-0.15, -0.1) is 5.10 Å². The summed E-state index contributed by atoms with van der Waals surface area (Å²) in [6.07, 6.45) is 9.58. The average Bonchev–Trinajstić information content (AvgIpc) is 2.68. The van der Waals surface area contributed by atoms with Gasteiger partial charge in [-0.25, -0.2) is 0 Å². The van der Waals surface area contributed by atoms with Gasteiger partial charge in [0.2, 0.25) is 0 Å². The molecule has 6 heteroatoms. The molecule has 5 nitrogen and oxygen atoms in total. The van der Waals surface area contributed by atoms with E-state index in [-0.39, 0.29) is 24.8 Å². The summed E-state index contributed by atoms with van der Waals surface area (Å²) in [5.41, 5.74) is 0.618. The maximum absolute atomic E-state index is 10.3. The first-order valence-corrected chi connectivity index (χ1v) is 3.79. The van der Waals surface area contributed by atoms with Gasteiger partial charge >= 0.3 is 24.8 Å². The number of hydrogen-bond acceptors (Lipinski definition) is 5. The standard InChI is InChI=1S/C9H4N2O3.Li/c12-9(13)8-11-10-7(14-8)6-4-2-1-3-5-6;/h1-2,4-5H;/q;+1. The van der Waals surface area contributed by atoms with Gasteiger partial charge in [0.25, 0.3) is 5.89 Å². The van der Waals surface area contributed by atoms with Gasteiger partial charge in [-0.3, -0.25) is 0 Å². The molecule has 0 fully saturated rings. The molecule has 0 amide bonds. The number of allylic oxidation sites excluding steroid dienone is 6. The summed E-state index contributed by atoms with van der Waals surface area (Å²) >= 11 is 0. The minimum Gasteiger partial charge on any atom is -0.540 e. The zero-order valence-corrected chi connectivity index (χ0v) is 7.93. The molecule has 1 heterocycles. The van der Waals surface area contributed by atoms with Gasteiger partial charge in [0, 0.05) is 12.2 Å². The summed E-state index contributed by atoms with van der Waals surface area (Å²) < 4.78 is 4.83. The fraction of sp³-hybridized carbons (Fsp3) is 0. The van der Waals surface area contributed by atoms with Crippen molar-refractivity contribution in [3.05, 3.63) is 42.2 Å². The number of carbonyl (C=O) groups excluding carboxylic acids is 1. The Bertz CT molecular complexity index is 460. The zero-order chi connectivity index (χ0) is 9.97. The molecule has 0 radical (unpaired) electrons. The van der Waals surface area contributed by atoms with Crippen LogP contribution in [-0.2, 0) is 0 Å². The third-order valence-electron chi connectivity index (χ3n) is 1.55. The van der Waals surface area contributed by atoms with Crippen LogP contribution >= 0.6 is 0 Å². The van der Waals surface area contributed by atoms with E-state index in [1.165, 1.54) is 0 Å². The van der Waals surface area contributed by atoms with Crippen molar-refractivity contribution in [1.29, 1.82) is 0 Å². The molecule has 1 aliphatic carbocycles. The summed E-state index contributed by atoms with van der Waals surface area (Å²) in [5, 5.41) is 17.2. The molecule has 1 aromatic rings. The van der Waals surface area contributed by atoms with Crippen molar-refractivity contribution >= 4 is 11.5 Å². The second kappa shape index (κ2) is 4.72. The van der Waals surface area contributed by atoms with Crippen LogP contribution in [0, 0.1) is 6.08 Å². The van der Waals surface area contributed by atoms with Crippen LogP contribution in [0.5, 0.6) is 0 Å². The first kappa shape index (κ1) is 11.4. The van der Waals surface area contributed by atoms with E-state index in [1.807, 2.05) is 0 Å². The second-order valence-corrected chi connectivity index (χ2v) is 2.49. The van der Waals surface area contributed by atoms with E-state index in [0.29, 0.717) is 5.57 Å². The van der Waals surface area contributed by atoms with Gasteiger partial charge in [-0.05, 0) is 0 Å². The molecule has 0 saturated heterocycles. The molecule has 1 aromatic heterocycles. The topological polar surface area (TPSA) is 79.0 Å². The molecule has 68 valence electrons. The maximum Gasteiger partial charge on any atom is 1.00 e. The van der Waals surface area contributed by atoms with E-state index in [2.05, 4.69) is 16.3 Å². The van der Waals surface area contributed by atoms with Crippen LogP contribution in [0.25, 0.3) is 5.57 Å². The molecule has 2 rings (SSSR count). The quantitative estimate of drug-likeness (QED) is 0.366. The SMILES string of the molecule is O=C([O-])c1nnc(C2=CC=C[C+]=C2)o1.[Li+]. The molecule has 0 atom stereocenters. The molecule has 0 saturated carbocycles. The largest absolute Gasteiger partial charge is 1.00 e. The van der Waals surface area contributed by atoms with Crippen molar-refractivity contribution in [1.82, 2.24) is 10.2 Å². The van der Waals surface area contributed by atoms with E-state index < -0.39 is 11.9 Å². The van der Waals surface area contributed by atoms with Crippen molar-refractivity contribution < 1.29 is 33.2 Å². The summed E-state index contributed by atoms with van der Waals surface area (Å²) in [5.74, 6) is -1.87. The van der Waals surface area contributed by atoms with E-state index in [1.54, 1.807) is 24.3 Å². The van der Waals surface area contributed by atoms with Crippen LogP contribution < -0.4 is 24.0 Å². The summed E-state index contributed by atoms with van der Waals surface area (Å²) in [4.78, 5) is 10.3. The third kappa shape index (κ3) is 2.42. The van der Waals surface area contributed by atoms with E-state index in [4.69, 9.17) is 4.42 Å². The monoisotopic (exact) mass is 195 g/mol. The van der Waals surface area contributed by atoms with Crippen molar-refractivity contribution in [2.45, 2.75) is 0 Å². The Hall–Kier alpha value is -1.66. The van der Waals surface area contributed by atoms with Gasteiger partial charge < -0.3 is 14.3 Å². The van der Waals surface area contributed by atoms with Crippen LogP contribution in [0.2, 0.25) is 0 Å². The van der Waals surface area contributed by atoms with Crippen molar-refractivity contribution in [2.75, 3.05) is 0 Å². The Morgan fingerprint density at radius 1 is 1.47 bits per heavy atom. The molecule has 0 aliphatic heterocycles. The Kier molecular flexibility index (Phi) is 3.59. The van der Waals surface area contributed by atoms with Crippen LogP contribution in [0.1, 0.15) is 16.6 Å². The van der Waals surface area contributed by atoms with E-state index in [0.717, 1.165) is 0 Å². The Labute approximate surface area is 97.4 Å². The van der Waals surface area contributed by atoms with Gasteiger partial charge in [-0.2, -0.15) is 0 Å². The van der Waals surface area contributed by atoms with E-state index in [9.17, 15) is 9.90 Å². The fourth-order valence-electron chi connectivity index (χ4n) is 0.949. The summed E-state index contributed by atoms with van der Waals surface area (Å²) in [6.45, 7) is 0. The molecule has 0 aromatic carbocycles. The minimum absolute atomic E-state index is 0. The summed E-state index contributed by atoms with van der Waals surface area (Å²) in [6, 6.07) is 0. The normalized spacial score (nSPS) is 12.7. The van der Waals surface area contributed by atoms with E-state index >= 15 is 0 Å². The smallest absolute Gasteiger partial charge is 0.540 e. The second-order valence-electron chi connectivity index (χ2n) is 2.49. The van der Waals surface area contributed by atoms with Crippen LogP contribution in [0.4, 0.5) is 0 Å². The molecule has 1 aliphatic rings. The predicted octanol–water partition coefficient (Wildman–Crippen LogP) is -3.25. The van der Waals surface area contributed by atoms with Gasteiger partial charge in [-0.1, -0.05) is 5.10 Å². The van der Waals surface area contributed by atoms with Gasteiger partial charge in [0.05, 0.1) is 6.08 Å². The van der Waals surface area contributed by atoms with Gasteiger partial charge in [0.15, 0.2) is 5.57 Å². The van der Waals surface area contributed by atoms with Crippen molar-refractivity contribution in [2.24, 2.45) is 0 Å². The molecule has 15 heavy (non-hydrogen) atoms. The maximum atomic E-state index is 10.3. The molecular weight excluding hydrogens is 191 g/mol. The number of carboxylic acids is 1. The molecular formula is C9H4LiN2O3+. The van der Waals surface area contributed by atoms with Crippen molar-refractivity contribution in [3.8, 4) is 0 Å². The zero-order valence-electron chi connectivity index (χ0n) is 7.93. The minimum atomic E-state index is -1.48. The van der Waals surface area contributed by atoms with Gasteiger partial charge in [0.1, 0.15) is 18.1 Å². The average molecular weight is 195 g/mol. The number of aromatic carboxylic acids is 1. The fourth-order valence-corrected chi connectivity index (χ4v) is 0.949. The number of nitrogens with zero attached hydrogens (tertiary/aromatic N) is 2. The molecule has 0 bridgehead atoms. The van der Waals surface area contributed by atoms with Crippen LogP contribution in [-0.4, -0.2) is 16.2 Å².